The summed E-state index contributed by atoms with van der Waals surface area (Å²) in [5.74, 6) is 0.389. The van der Waals surface area contributed by atoms with Crippen molar-refractivity contribution in [2.24, 2.45) is 5.92 Å². The Labute approximate surface area is 136 Å². The molecule has 5 nitrogen and oxygen atoms in total. The van der Waals surface area contributed by atoms with Gasteiger partial charge < -0.3 is 14.5 Å². The smallest absolute Gasteiger partial charge is 0.410 e. The second kappa shape index (κ2) is 5.28. The van der Waals surface area contributed by atoms with Crippen LogP contribution in [0.25, 0.3) is 0 Å². The van der Waals surface area contributed by atoms with Crippen LogP contribution >= 0.6 is 27.3 Å². The average Bonchev–Trinajstić information content (AvgIpc) is 2.98. The average molecular weight is 372 g/mol. The number of halogens is 1. The highest BCUT2D eigenvalue weighted by atomic mass is 79.9. The minimum Gasteiger partial charge on any atom is -0.444 e. The summed E-state index contributed by atoms with van der Waals surface area (Å²) in [7, 11) is 0. The summed E-state index contributed by atoms with van der Waals surface area (Å²) in [4.78, 5) is 20.4. The lowest BCUT2D eigenvalue weighted by molar-refractivity contribution is 0.0291. The van der Waals surface area contributed by atoms with E-state index in [0.29, 0.717) is 12.5 Å². The van der Waals surface area contributed by atoms with Crippen LogP contribution < -0.4 is 4.90 Å². The molecule has 0 N–H and O–H groups in total. The van der Waals surface area contributed by atoms with Gasteiger partial charge in [-0.3, -0.25) is 0 Å². The molecule has 3 rings (SSSR count). The zero-order valence-corrected chi connectivity index (χ0v) is 14.7. The van der Waals surface area contributed by atoms with E-state index in [1.54, 1.807) is 16.2 Å². The minimum atomic E-state index is -0.442. The van der Waals surface area contributed by atoms with Gasteiger partial charge in [0, 0.05) is 31.8 Å². The maximum Gasteiger partial charge on any atom is 0.410 e. The Morgan fingerprint density at radius 2 is 2.24 bits per heavy atom. The van der Waals surface area contributed by atoms with Crippen LogP contribution in [0.2, 0.25) is 0 Å². The highest BCUT2D eigenvalue weighted by Crippen LogP contribution is 2.35. The van der Waals surface area contributed by atoms with Crippen molar-refractivity contribution in [3.63, 3.8) is 0 Å². The zero-order chi connectivity index (χ0) is 15.2. The first-order chi connectivity index (χ1) is 9.82. The Morgan fingerprint density at radius 1 is 1.48 bits per heavy atom. The summed E-state index contributed by atoms with van der Waals surface area (Å²) >= 11 is 5.06. The van der Waals surface area contributed by atoms with Gasteiger partial charge in [0.05, 0.1) is 9.98 Å². The van der Waals surface area contributed by atoms with E-state index in [0.717, 1.165) is 22.0 Å². The molecule has 0 saturated carbocycles. The number of hydrogen-bond donors (Lipinski definition) is 0. The van der Waals surface area contributed by atoms with Crippen molar-refractivity contribution in [3.8, 4) is 0 Å². The Kier molecular flexibility index (Phi) is 3.73. The second-order valence-corrected chi connectivity index (χ2v) is 8.75. The van der Waals surface area contributed by atoms with Crippen molar-refractivity contribution < 1.29 is 9.53 Å². The van der Waals surface area contributed by atoms with Gasteiger partial charge in [-0.25, -0.2) is 9.78 Å². The Hall–Kier alpha value is -1.08. The zero-order valence-electron chi connectivity index (χ0n) is 12.3. The van der Waals surface area contributed by atoms with Gasteiger partial charge in [-0.15, -0.1) is 0 Å². The van der Waals surface area contributed by atoms with Crippen LogP contribution in [0.15, 0.2) is 21.8 Å². The summed E-state index contributed by atoms with van der Waals surface area (Å²) in [5, 5.41) is 0.993. The first-order valence-electron chi connectivity index (χ1n) is 6.88. The number of likely N-dealkylation sites (tertiary alicyclic amines) is 1. The van der Waals surface area contributed by atoms with Gasteiger partial charge >= 0.3 is 6.09 Å². The molecule has 1 unspecified atom stereocenters. The van der Waals surface area contributed by atoms with Crippen LogP contribution in [-0.2, 0) is 4.74 Å². The van der Waals surface area contributed by atoms with Crippen LogP contribution in [0.1, 0.15) is 20.8 Å². The van der Waals surface area contributed by atoms with E-state index in [9.17, 15) is 4.79 Å². The minimum absolute atomic E-state index is 0.221. The molecule has 0 aromatic carbocycles. The molecule has 2 aliphatic rings. The molecule has 3 heterocycles. The van der Waals surface area contributed by atoms with Crippen LogP contribution in [-0.4, -0.2) is 41.2 Å². The number of rotatable bonds is 1. The largest absolute Gasteiger partial charge is 0.444 e. The fourth-order valence-corrected chi connectivity index (χ4v) is 3.75. The van der Waals surface area contributed by atoms with E-state index < -0.39 is 5.60 Å². The first kappa shape index (κ1) is 14.8. The van der Waals surface area contributed by atoms with Crippen molar-refractivity contribution >= 4 is 38.5 Å². The maximum absolute atomic E-state index is 12.1. The Balaban J connectivity index is 1.65. The number of aromatic nitrogens is 1. The molecule has 0 aliphatic carbocycles. The fourth-order valence-electron chi connectivity index (χ4n) is 2.59. The van der Waals surface area contributed by atoms with Crippen LogP contribution in [0, 0.1) is 5.92 Å². The monoisotopic (exact) mass is 371 g/mol. The molecule has 1 fully saturated rings. The molecular weight excluding hydrogens is 354 g/mol. The van der Waals surface area contributed by atoms with E-state index in [1.165, 1.54) is 5.57 Å². The number of amides is 1. The van der Waals surface area contributed by atoms with Crippen molar-refractivity contribution in [2.75, 3.05) is 24.5 Å². The molecule has 114 valence electrons. The summed E-state index contributed by atoms with van der Waals surface area (Å²) in [6.07, 6.45) is 3.72. The van der Waals surface area contributed by atoms with Crippen LogP contribution in [0.4, 0.5) is 9.93 Å². The number of hydrogen-bond acceptors (Lipinski definition) is 5. The van der Waals surface area contributed by atoms with Crippen molar-refractivity contribution in [1.82, 2.24) is 9.88 Å². The highest BCUT2D eigenvalue weighted by Gasteiger charge is 2.37. The van der Waals surface area contributed by atoms with E-state index in [4.69, 9.17) is 4.74 Å². The normalized spacial score (nSPS) is 21.5. The van der Waals surface area contributed by atoms with Crippen molar-refractivity contribution in [2.45, 2.75) is 26.4 Å². The molecule has 1 amide bonds. The molecule has 2 aliphatic heterocycles. The number of nitrogens with zero attached hydrogens (tertiary/aromatic N) is 3. The number of anilines is 1. The Morgan fingerprint density at radius 3 is 2.81 bits per heavy atom. The van der Waals surface area contributed by atoms with E-state index >= 15 is 0 Å². The third-order valence-electron chi connectivity index (χ3n) is 3.44. The van der Waals surface area contributed by atoms with Gasteiger partial charge in [0.15, 0.2) is 5.13 Å². The standard InChI is InChI=1S/C14H18BrN3O2S/c1-14(2,3)20-13(19)18-7-9-5-17(6-10(9)8-18)12-16-4-11(15)21-12/h4-5,10H,6-8H2,1-3H3. The number of carbonyl (C=O) groups excluding carboxylic acids is 1. The lowest BCUT2D eigenvalue weighted by Crippen LogP contribution is -2.36. The fraction of sp³-hybridized carbons (Fsp3) is 0.571. The molecule has 0 spiro atoms. The van der Waals surface area contributed by atoms with E-state index in [2.05, 4.69) is 32.0 Å². The topological polar surface area (TPSA) is 45.7 Å². The molecule has 1 aromatic rings. The number of fused-ring (bicyclic) bond motifs is 1. The van der Waals surface area contributed by atoms with Gasteiger partial charge in [0.2, 0.25) is 0 Å². The predicted molar refractivity (Wildman–Crippen MR) is 86.5 cm³/mol. The number of ether oxygens (including phenoxy) is 1. The number of thiazole rings is 1. The first-order valence-corrected chi connectivity index (χ1v) is 8.49. The third kappa shape index (κ3) is 3.23. The lowest BCUT2D eigenvalue weighted by atomic mass is 10.1. The van der Waals surface area contributed by atoms with Crippen LogP contribution in [0.3, 0.4) is 0 Å². The van der Waals surface area contributed by atoms with Gasteiger partial charge in [-0.1, -0.05) is 11.3 Å². The molecular formula is C14H18BrN3O2S. The van der Waals surface area contributed by atoms with E-state index in [-0.39, 0.29) is 6.09 Å². The predicted octanol–water partition coefficient (Wildman–Crippen LogP) is 3.48. The molecule has 0 bridgehead atoms. The van der Waals surface area contributed by atoms with Gasteiger partial charge in [-0.2, -0.15) is 0 Å². The quantitative estimate of drug-likeness (QED) is 0.757. The molecule has 0 radical (unpaired) electrons. The van der Waals surface area contributed by atoms with Crippen molar-refractivity contribution in [1.29, 1.82) is 0 Å². The van der Waals surface area contributed by atoms with Gasteiger partial charge in [-0.05, 0) is 42.3 Å². The molecule has 1 saturated heterocycles. The Bertz CT molecular complexity index is 593. The van der Waals surface area contributed by atoms with E-state index in [1.807, 2.05) is 27.0 Å². The summed E-state index contributed by atoms with van der Waals surface area (Å²) in [6, 6.07) is 0. The van der Waals surface area contributed by atoms with Crippen LogP contribution in [0.5, 0.6) is 0 Å². The second-order valence-electron chi connectivity index (χ2n) is 6.36. The molecule has 1 atom stereocenters. The maximum atomic E-state index is 12.1. The summed E-state index contributed by atoms with van der Waals surface area (Å²) in [5.41, 5.74) is 0.842. The highest BCUT2D eigenvalue weighted by molar-refractivity contribution is 9.11. The SMILES string of the molecule is CC(C)(C)OC(=O)N1CC2=CN(c3ncc(Br)s3)CC2C1. The summed E-state index contributed by atoms with van der Waals surface area (Å²) < 4.78 is 6.46. The molecule has 21 heavy (non-hydrogen) atoms. The number of carbonyl (C=O) groups is 1. The third-order valence-corrected chi connectivity index (χ3v) is 4.95. The van der Waals surface area contributed by atoms with Crippen molar-refractivity contribution in [3.05, 3.63) is 21.8 Å². The van der Waals surface area contributed by atoms with Gasteiger partial charge in [0.25, 0.3) is 0 Å². The summed E-state index contributed by atoms with van der Waals surface area (Å²) in [6.45, 7) is 7.94. The molecule has 1 aromatic heterocycles. The van der Waals surface area contributed by atoms with Gasteiger partial charge in [0.1, 0.15) is 5.60 Å². The lowest BCUT2D eigenvalue weighted by Gasteiger charge is -2.25. The molecule has 7 heteroatoms.